The first-order valence-corrected chi connectivity index (χ1v) is 9.90. The Hall–Kier alpha value is -0.360. The van der Waals surface area contributed by atoms with E-state index in [0.717, 1.165) is 44.5 Å². The number of likely N-dealkylation sites (tertiary alicyclic amines) is 1. The summed E-state index contributed by atoms with van der Waals surface area (Å²) in [6, 6.07) is 0. The summed E-state index contributed by atoms with van der Waals surface area (Å²) < 4.78 is 0. The third-order valence-corrected chi connectivity index (χ3v) is 6.76. The molecule has 3 rings (SSSR count). The smallest absolute Gasteiger partial charge is 0.223 e. The molecule has 0 spiro atoms. The zero-order valence-electron chi connectivity index (χ0n) is 15.0. The molecule has 7 heteroatoms. The molecule has 1 amide bonds. The number of carbonyl (C=O) groups excluding carboxylic acids is 1. The Morgan fingerprint density at radius 1 is 1.32 bits per heavy atom. The van der Waals surface area contributed by atoms with Gasteiger partial charge in [0.2, 0.25) is 5.91 Å². The van der Waals surface area contributed by atoms with Crippen molar-refractivity contribution < 1.29 is 4.79 Å². The van der Waals surface area contributed by atoms with Gasteiger partial charge in [0.25, 0.3) is 0 Å². The Balaban J connectivity index is 0.00000156. The summed E-state index contributed by atoms with van der Waals surface area (Å²) in [6.45, 7) is 4.44. The van der Waals surface area contributed by atoms with E-state index in [2.05, 4.69) is 15.3 Å². The Morgan fingerprint density at radius 3 is 2.64 bits per heavy atom. The van der Waals surface area contributed by atoms with Gasteiger partial charge in [-0.25, -0.2) is 4.98 Å². The highest BCUT2D eigenvalue weighted by Crippen LogP contribution is 2.39. The topological polar surface area (TPSA) is 59.2 Å². The van der Waals surface area contributed by atoms with Crippen LogP contribution in [0.25, 0.3) is 0 Å². The van der Waals surface area contributed by atoms with Gasteiger partial charge in [-0.3, -0.25) is 4.79 Å². The highest BCUT2D eigenvalue weighted by atomic mass is 35.5. The van der Waals surface area contributed by atoms with E-state index >= 15 is 0 Å². The van der Waals surface area contributed by atoms with Crippen LogP contribution < -0.4 is 5.73 Å². The van der Waals surface area contributed by atoms with Crippen molar-refractivity contribution in [2.75, 3.05) is 19.6 Å². The number of piperidine rings is 1. The highest BCUT2D eigenvalue weighted by Gasteiger charge is 2.35. The van der Waals surface area contributed by atoms with E-state index in [4.69, 9.17) is 5.73 Å². The first-order valence-electron chi connectivity index (χ1n) is 9.02. The summed E-state index contributed by atoms with van der Waals surface area (Å²) >= 11 is 1.74. The second-order valence-corrected chi connectivity index (χ2v) is 8.34. The number of carbonyl (C=O) groups is 1. The summed E-state index contributed by atoms with van der Waals surface area (Å²) in [5, 5.41) is 3.31. The summed E-state index contributed by atoms with van der Waals surface area (Å²) in [5.74, 6) is 0.738. The predicted octanol–water partition coefficient (Wildman–Crippen LogP) is 4.30. The van der Waals surface area contributed by atoms with Crippen LogP contribution in [-0.2, 0) is 4.79 Å². The van der Waals surface area contributed by atoms with Gasteiger partial charge in [0.15, 0.2) is 0 Å². The number of nitrogens with two attached hydrogens (primary N) is 1. The molecular weight excluding hydrogens is 377 g/mol. The molecule has 1 unspecified atom stereocenters. The quantitative estimate of drug-likeness (QED) is 0.808. The van der Waals surface area contributed by atoms with Crippen molar-refractivity contribution >= 4 is 42.1 Å². The fourth-order valence-electron chi connectivity index (χ4n) is 4.15. The van der Waals surface area contributed by atoms with E-state index in [0.29, 0.717) is 24.8 Å². The number of hydrogen-bond donors (Lipinski definition) is 1. The maximum atomic E-state index is 12.9. The van der Waals surface area contributed by atoms with E-state index in [9.17, 15) is 4.79 Å². The number of amides is 1. The minimum absolute atomic E-state index is 0. The first kappa shape index (κ1) is 22.7. The molecule has 2 fully saturated rings. The normalized spacial score (nSPS) is 22.6. The van der Waals surface area contributed by atoms with Crippen LogP contribution in [0.3, 0.4) is 0 Å². The van der Waals surface area contributed by atoms with Crippen molar-refractivity contribution in [3.05, 3.63) is 16.1 Å². The van der Waals surface area contributed by atoms with Crippen molar-refractivity contribution in [2.45, 2.75) is 64.2 Å². The second kappa shape index (κ2) is 10.1. The fourth-order valence-corrected chi connectivity index (χ4v) is 5.08. The van der Waals surface area contributed by atoms with Gasteiger partial charge < -0.3 is 10.6 Å². The third kappa shape index (κ3) is 5.56. The van der Waals surface area contributed by atoms with Gasteiger partial charge in [0.1, 0.15) is 0 Å². The molecule has 4 nitrogen and oxygen atoms in total. The average Bonchev–Trinajstić information content (AvgIpc) is 3.02. The van der Waals surface area contributed by atoms with E-state index in [-0.39, 0.29) is 30.2 Å². The third-order valence-electron chi connectivity index (χ3n) is 5.63. The molecule has 1 saturated heterocycles. The van der Waals surface area contributed by atoms with Gasteiger partial charge in [-0.1, -0.05) is 19.3 Å². The molecule has 2 N–H and O–H groups in total. The van der Waals surface area contributed by atoms with E-state index in [1.54, 1.807) is 11.3 Å². The molecule has 2 heterocycles. The minimum Gasteiger partial charge on any atom is -0.342 e. The van der Waals surface area contributed by atoms with Crippen molar-refractivity contribution in [3.8, 4) is 0 Å². The number of aryl methyl sites for hydroxylation is 1. The van der Waals surface area contributed by atoms with Gasteiger partial charge in [-0.2, -0.15) is 0 Å². The van der Waals surface area contributed by atoms with Crippen LogP contribution in [0.2, 0.25) is 0 Å². The van der Waals surface area contributed by atoms with Crippen LogP contribution in [0.4, 0.5) is 0 Å². The van der Waals surface area contributed by atoms with Gasteiger partial charge in [-0.15, -0.1) is 36.2 Å². The summed E-state index contributed by atoms with van der Waals surface area (Å²) in [5.41, 5.74) is 7.22. The van der Waals surface area contributed by atoms with Crippen molar-refractivity contribution in [1.82, 2.24) is 9.88 Å². The SMILES string of the molecule is Cc1csc(C2CCCN(C(=O)CC3(CN)CCCCC3)C2)n1.Cl.Cl. The summed E-state index contributed by atoms with van der Waals surface area (Å²) in [6.07, 6.45) is 8.88. The van der Waals surface area contributed by atoms with Crippen LogP contribution >= 0.6 is 36.2 Å². The van der Waals surface area contributed by atoms with Crippen LogP contribution in [0, 0.1) is 12.3 Å². The average molecular weight is 408 g/mol. The predicted molar refractivity (Wildman–Crippen MR) is 109 cm³/mol. The lowest BCUT2D eigenvalue weighted by Gasteiger charge is -2.39. The zero-order chi connectivity index (χ0) is 16.3. The first-order chi connectivity index (χ1) is 11.1. The Bertz CT molecular complexity index is 546. The number of hydrogen-bond acceptors (Lipinski definition) is 4. The molecule has 2 aliphatic rings. The maximum Gasteiger partial charge on any atom is 0.223 e. The van der Waals surface area contributed by atoms with Crippen LogP contribution in [0.15, 0.2) is 5.38 Å². The second-order valence-electron chi connectivity index (χ2n) is 7.45. The molecule has 0 bridgehead atoms. The van der Waals surface area contributed by atoms with E-state index in [1.165, 1.54) is 24.3 Å². The summed E-state index contributed by atoms with van der Waals surface area (Å²) in [4.78, 5) is 19.6. The molecule has 1 aromatic rings. The van der Waals surface area contributed by atoms with E-state index < -0.39 is 0 Å². The largest absolute Gasteiger partial charge is 0.342 e. The molecule has 1 aromatic heterocycles. The molecule has 1 aliphatic carbocycles. The molecule has 0 aromatic carbocycles. The van der Waals surface area contributed by atoms with Crippen molar-refractivity contribution in [3.63, 3.8) is 0 Å². The number of aromatic nitrogens is 1. The van der Waals surface area contributed by atoms with Gasteiger partial charge in [0.05, 0.1) is 5.01 Å². The fraction of sp³-hybridized carbons (Fsp3) is 0.778. The Labute approximate surface area is 167 Å². The monoisotopic (exact) mass is 407 g/mol. The van der Waals surface area contributed by atoms with Crippen LogP contribution in [0.5, 0.6) is 0 Å². The molecule has 1 aliphatic heterocycles. The highest BCUT2D eigenvalue weighted by molar-refractivity contribution is 7.09. The van der Waals surface area contributed by atoms with Crippen LogP contribution in [-0.4, -0.2) is 35.4 Å². The van der Waals surface area contributed by atoms with Crippen LogP contribution in [0.1, 0.15) is 68.0 Å². The lowest BCUT2D eigenvalue weighted by atomic mass is 9.71. The molecule has 25 heavy (non-hydrogen) atoms. The van der Waals surface area contributed by atoms with Gasteiger partial charge in [0, 0.05) is 36.5 Å². The lowest BCUT2D eigenvalue weighted by Crippen LogP contribution is -2.44. The minimum atomic E-state index is 0. The lowest BCUT2D eigenvalue weighted by molar-refractivity contribution is -0.135. The molecular formula is C18H31Cl2N3OS. The molecule has 144 valence electrons. The maximum absolute atomic E-state index is 12.9. The standard InChI is InChI=1S/C18H29N3OS.2ClH/c1-14-12-23-17(20-14)15-6-5-9-21(11-15)16(22)10-18(13-19)7-3-2-4-8-18;;/h12,15H,2-11,13,19H2,1H3;2*1H. The van der Waals surface area contributed by atoms with E-state index in [1.807, 2.05) is 6.92 Å². The van der Waals surface area contributed by atoms with Crippen molar-refractivity contribution in [2.24, 2.45) is 11.1 Å². The number of rotatable bonds is 4. The van der Waals surface area contributed by atoms with Crippen molar-refractivity contribution in [1.29, 1.82) is 0 Å². The number of thiazole rings is 1. The Kier molecular flexibility index (Phi) is 9.16. The molecule has 1 saturated carbocycles. The summed E-state index contributed by atoms with van der Waals surface area (Å²) in [7, 11) is 0. The number of halogens is 2. The number of nitrogens with zero attached hydrogens (tertiary/aromatic N) is 2. The zero-order valence-corrected chi connectivity index (χ0v) is 17.5. The molecule has 1 atom stereocenters. The van der Waals surface area contributed by atoms with Gasteiger partial charge in [-0.05, 0) is 44.6 Å². The Morgan fingerprint density at radius 2 is 2.04 bits per heavy atom. The van der Waals surface area contributed by atoms with Gasteiger partial charge >= 0.3 is 0 Å². The molecule has 0 radical (unpaired) electrons.